The fourth-order valence-corrected chi connectivity index (χ4v) is 1.73. The molecule has 0 atom stereocenters. The van der Waals surface area contributed by atoms with E-state index >= 15 is 0 Å². The summed E-state index contributed by atoms with van der Waals surface area (Å²) in [5, 5.41) is 0. The van der Waals surface area contributed by atoms with Crippen LogP contribution in [-0.4, -0.2) is 17.6 Å². The standard InChI is InChI=1S/C11H13F3N2/c1-2-5-16(7-3-4-7)11-9(13)6-8(12)10(14)15-11/h6-7H,2-5H2,1H3. The van der Waals surface area contributed by atoms with Crippen molar-refractivity contribution in [3.8, 4) is 0 Å². The monoisotopic (exact) mass is 230 g/mol. The van der Waals surface area contributed by atoms with E-state index in [1.807, 2.05) is 6.92 Å². The van der Waals surface area contributed by atoms with E-state index in [1.165, 1.54) is 0 Å². The van der Waals surface area contributed by atoms with E-state index in [4.69, 9.17) is 0 Å². The largest absolute Gasteiger partial charge is 0.351 e. The molecule has 0 bridgehead atoms. The molecule has 2 nitrogen and oxygen atoms in total. The number of anilines is 1. The SMILES string of the molecule is CCCN(c1nc(F)c(F)cc1F)C1CC1. The van der Waals surface area contributed by atoms with Crippen LogP contribution >= 0.6 is 0 Å². The maximum Gasteiger partial charge on any atom is 0.251 e. The molecule has 5 heteroatoms. The maximum atomic E-state index is 13.5. The number of pyridine rings is 1. The Bertz CT molecular complexity index is 391. The second-order valence-corrected chi connectivity index (χ2v) is 3.99. The zero-order chi connectivity index (χ0) is 11.7. The summed E-state index contributed by atoms with van der Waals surface area (Å²) in [7, 11) is 0. The molecule has 0 saturated heterocycles. The Morgan fingerprint density at radius 2 is 2.00 bits per heavy atom. The van der Waals surface area contributed by atoms with Gasteiger partial charge in [0, 0.05) is 18.7 Å². The first-order chi connectivity index (χ1) is 7.63. The minimum Gasteiger partial charge on any atom is -0.351 e. The lowest BCUT2D eigenvalue weighted by molar-refractivity contribution is 0.462. The molecule has 1 aliphatic rings. The lowest BCUT2D eigenvalue weighted by Gasteiger charge is -2.23. The van der Waals surface area contributed by atoms with Crippen molar-refractivity contribution in [2.24, 2.45) is 0 Å². The lowest BCUT2D eigenvalue weighted by atomic mass is 10.3. The van der Waals surface area contributed by atoms with Gasteiger partial charge in [0.1, 0.15) is 0 Å². The Balaban J connectivity index is 2.32. The number of hydrogen-bond donors (Lipinski definition) is 0. The van der Waals surface area contributed by atoms with Crippen molar-refractivity contribution >= 4 is 5.82 Å². The van der Waals surface area contributed by atoms with Crippen LogP contribution in [0.5, 0.6) is 0 Å². The van der Waals surface area contributed by atoms with Crippen molar-refractivity contribution in [2.45, 2.75) is 32.2 Å². The van der Waals surface area contributed by atoms with Gasteiger partial charge in [0.05, 0.1) is 0 Å². The molecule has 0 spiro atoms. The highest BCUT2D eigenvalue weighted by atomic mass is 19.2. The minimum absolute atomic E-state index is 0.0664. The van der Waals surface area contributed by atoms with Gasteiger partial charge in [-0.1, -0.05) is 6.92 Å². The summed E-state index contributed by atoms with van der Waals surface area (Å²) in [6.07, 6.45) is 2.73. The van der Waals surface area contributed by atoms with Crippen LogP contribution in [0.15, 0.2) is 6.07 Å². The number of aromatic nitrogens is 1. The highest BCUT2D eigenvalue weighted by molar-refractivity contribution is 5.42. The Hall–Kier alpha value is -1.26. The van der Waals surface area contributed by atoms with E-state index in [2.05, 4.69) is 4.98 Å². The van der Waals surface area contributed by atoms with E-state index in [0.717, 1.165) is 19.3 Å². The zero-order valence-corrected chi connectivity index (χ0v) is 9.01. The molecule has 88 valence electrons. The van der Waals surface area contributed by atoms with E-state index in [-0.39, 0.29) is 11.9 Å². The Kier molecular flexibility index (Phi) is 3.03. The Morgan fingerprint density at radius 3 is 2.56 bits per heavy atom. The molecule has 16 heavy (non-hydrogen) atoms. The molecular formula is C11H13F3N2. The predicted octanol–water partition coefficient (Wildman–Crippen LogP) is 2.88. The van der Waals surface area contributed by atoms with Crippen LogP contribution in [0.2, 0.25) is 0 Å². The smallest absolute Gasteiger partial charge is 0.251 e. The fraction of sp³-hybridized carbons (Fsp3) is 0.545. The first kappa shape index (κ1) is 11.2. The average Bonchev–Trinajstić information content (AvgIpc) is 3.04. The summed E-state index contributed by atoms with van der Waals surface area (Å²) in [5.41, 5.74) is 0. The highest BCUT2D eigenvalue weighted by Gasteiger charge is 2.31. The van der Waals surface area contributed by atoms with Gasteiger partial charge in [0.15, 0.2) is 17.5 Å². The average molecular weight is 230 g/mol. The summed E-state index contributed by atoms with van der Waals surface area (Å²) in [6.45, 7) is 2.56. The maximum absolute atomic E-state index is 13.5. The van der Waals surface area contributed by atoms with Gasteiger partial charge in [-0.2, -0.15) is 9.37 Å². The molecule has 1 aliphatic carbocycles. The molecule has 0 aromatic carbocycles. The van der Waals surface area contributed by atoms with Gasteiger partial charge in [-0.3, -0.25) is 0 Å². The van der Waals surface area contributed by atoms with E-state index < -0.39 is 17.6 Å². The molecule has 0 amide bonds. The van der Waals surface area contributed by atoms with Crippen LogP contribution in [0.4, 0.5) is 19.0 Å². The molecule has 0 N–H and O–H groups in total. The van der Waals surface area contributed by atoms with Crippen molar-refractivity contribution in [1.82, 2.24) is 4.98 Å². The normalized spacial score (nSPS) is 15.2. The number of rotatable bonds is 4. The van der Waals surface area contributed by atoms with E-state index in [9.17, 15) is 13.2 Å². The minimum atomic E-state index is -1.24. The number of hydrogen-bond acceptors (Lipinski definition) is 2. The summed E-state index contributed by atoms with van der Waals surface area (Å²) < 4.78 is 39.2. The van der Waals surface area contributed by atoms with Crippen LogP contribution < -0.4 is 4.90 Å². The number of nitrogens with zero attached hydrogens (tertiary/aromatic N) is 2. The topological polar surface area (TPSA) is 16.1 Å². The van der Waals surface area contributed by atoms with Gasteiger partial charge in [-0.25, -0.2) is 8.78 Å². The second-order valence-electron chi connectivity index (χ2n) is 3.99. The highest BCUT2D eigenvalue weighted by Crippen LogP contribution is 2.32. The van der Waals surface area contributed by atoms with Gasteiger partial charge in [0.25, 0.3) is 5.95 Å². The predicted molar refractivity (Wildman–Crippen MR) is 54.8 cm³/mol. The van der Waals surface area contributed by atoms with Gasteiger partial charge >= 0.3 is 0 Å². The number of halogens is 3. The third-order valence-electron chi connectivity index (χ3n) is 2.59. The third kappa shape index (κ3) is 2.13. The van der Waals surface area contributed by atoms with Gasteiger partial charge in [-0.15, -0.1) is 0 Å². The van der Waals surface area contributed by atoms with Crippen molar-refractivity contribution in [1.29, 1.82) is 0 Å². The summed E-state index contributed by atoms with van der Waals surface area (Å²) in [6, 6.07) is 0.787. The van der Waals surface area contributed by atoms with E-state index in [0.29, 0.717) is 12.6 Å². The second kappa shape index (κ2) is 4.31. The molecule has 1 saturated carbocycles. The van der Waals surface area contributed by atoms with Crippen LogP contribution in [0.1, 0.15) is 26.2 Å². The van der Waals surface area contributed by atoms with Crippen molar-refractivity contribution in [3.05, 3.63) is 23.6 Å². The Labute approximate surface area is 92.1 Å². The van der Waals surface area contributed by atoms with Crippen molar-refractivity contribution in [2.75, 3.05) is 11.4 Å². The van der Waals surface area contributed by atoms with Gasteiger partial charge < -0.3 is 4.90 Å². The molecular weight excluding hydrogens is 217 g/mol. The Morgan fingerprint density at radius 1 is 1.31 bits per heavy atom. The quantitative estimate of drug-likeness (QED) is 0.739. The molecule has 0 aliphatic heterocycles. The molecule has 0 radical (unpaired) electrons. The van der Waals surface area contributed by atoms with Crippen molar-refractivity contribution < 1.29 is 13.2 Å². The summed E-state index contributed by atoms with van der Waals surface area (Å²) >= 11 is 0. The zero-order valence-electron chi connectivity index (χ0n) is 9.01. The lowest BCUT2D eigenvalue weighted by Crippen LogP contribution is -2.28. The van der Waals surface area contributed by atoms with Crippen molar-refractivity contribution in [3.63, 3.8) is 0 Å². The van der Waals surface area contributed by atoms with Gasteiger partial charge in [-0.05, 0) is 19.3 Å². The van der Waals surface area contributed by atoms with E-state index in [1.54, 1.807) is 4.90 Å². The van der Waals surface area contributed by atoms with Crippen LogP contribution in [-0.2, 0) is 0 Å². The van der Waals surface area contributed by atoms with Crippen LogP contribution in [0, 0.1) is 17.6 Å². The van der Waals surface area contributed by atoms with Crippen LogP contribution in [0.3, 0.4) is 0 Å². The fourth-order valence-electron chi connectivity index (χ4n) is 1.73. The first-order valence-electron chi connectivity index (χ1n) is 5.41. The molecule has 2 rings (SSSR count). The molecule has 0 unspecified atom stereocenters. The molecule has 1 fully saturated rings. The third-order valence-corrected chi connectivity index (χ3v) is 2.59. The van der Waals surface area contributed by atoms with Gasteiger partial charge in [0.2, 0.25) is 0 Å². The summed E-state index contributed by atoms with van der Waals surface area (Å²) in [5.74, 6) is -3.34. The molecule has 1 aromatic rings. The molecule has 1 heterocycles. The van der Waals surface area contributed by atoms with Crippen LogP contribution in [0.25, 0.3) is 0 Å². The molecule has 1 aromatic heterocycles. The summed E-state index contributed by atoms with van der Waals surface area (Å²) in [4.78, 5) is 5.08. The first-order valence-corrected chi connectivity index (χ1v) is 5.41.